The highest BCUT2D eigenvalue weighted by Crippen LogP contribution is 2.47. The number of aliphatic hydroxyl groups excluding tert-OH is 1. The molecule has 3 nitrogen and oxygen atoms in total. The minimum absolute atomic E-state index is 0. The molecule has 0 bridgehead atoms. The molecule has 2 aromatic rings. The molecule has 4 heteroatoms. The van der Waals surface area contributed by atoms with Gasteiger partial charge in [-0.25, -0.2) is 0 Å². The number of hydrogen-bond acceptors (Lipinski definition) is 3. The first-order chi connectivity index (χ1) is 10.2. The second-order valence-electron chi connectivity index (χ2n) is 6.40. The number of rotatable bonds is 0. The van der Waals surface area contributed by atoms with E-state index >= 15 is 0 Å². The molecular formula is C18H22ClNO2. The van der Waals surface area contributed by atoms with E-state index in [4.69, 9.17) is 10.5 Å². The number of hydrogen-bond donors (Lipinski definition) is 2. The lowest BCUT2D eigenvalue weighted by atomic mass is 9.74. The maximum atomic E-state index is 10.7. The number of fused-ring (bicyclic) bond motifs is 3. The Morgan fingerprint density at radius 1 is 1.05 bits per heavy atom. The molecular weight excluding hydrogens is 298 g/mol. The Morgan fingerprint density at radius 3 is 2.55 bits per heavy atom. The molecule has 0 saturated heterocycles. The van der Waals surface area contributed by atoms with Crippen molar-refractivity contribution < 1.29 is 9.84 Å². The van der Waals surface area contributed by atoms with Crippen LogP contribution in [-0.2, 0) is 0 Å². The van der Waals surface area contributed by atoms with Crippen LogP contribution in [0.1, 0.15) is 43.8 Å². The quantitative estimate of drug-likeness (QED) is 0.778. The van der Waals surface area contributed by atoms with Crippen LogP contribution in [-0.4, -0.2) is 16.7 Å². The van der Waals surface area contributed by atoms with Crippen LogP contribution in [0.15, 0.2) is 36.4 Å². The molecule has 1 saturated carbocycles. The third-order valence-electron chi connectivity index (χ3n) is 5.18. The van der Waals surface area contributed by atoms with Crippen LogP contribution in [0.5, 0.6) is 5.75 Å². The van der Waals surface area contributed by atoms with Gasteiger partial charge < -0.3 is 15.6 Å². The molecule has 1 fully saturated rings. The Labute approximate surface area is 136 Å². The molecule has 3 N–H and O–H groups in total. The highest BCUT2D eigenvalue weighted by Gasteiger charge is 2.48. The van der Waals surface area contributed by atoms with E-state index in [-0.39, 0.29) is 18.4 Å². The van der Waals surface area contributed by atoms with Crippen molar-refractivity contribution in [1.29, 1.82) is 0 Å². The molecule has 2 aromatic carbocycles. The lowest BCUT2D eigenvalue weighted by molar-refractivity contribution is -0.0569. The average Bonchev–Trinajstić information content (AvgIpc) is 2.54. The maximum absolute atomic E-state index is 10.7. The number of aliphatic hydroxyl groups is 1. The van der Waals surface area contributed by atoms with Crippen molar-refractivity contribution >= 4 is 23.2 Å². The zero-order valence-electron chi connectivity index (χ0n) is 12.5. The molecule has 1 spiro atoms. The summed E-state index contributed by atoms with van der Waals surface area (Å²) in [6.45, 7) is 0. The van der Waals surface area contributed by atoms with Gasteiger partial charge in [0.25, 0.3) is 0 Å². The van der Waals surface area contributed by atoms with Gasteiger partial charge in [-0.3, -0.25) is 0 Å². The lowest BCUT2D eigenvalue weighted by Crippen LogP contribution is -2.58. The molecule has 2 aliphatic rings. The van der Waals surface area contributed by atoms with E-state index in [1.54, 1.807) is 0 Å². The van der Waals surface area contributed by atoms with Gasteiger partial charge in [-0.1, -0.05) is 42.8 Å². The van der Waals surface area contributed by atoms with Gasteiger partial charge in [-0.15, -0.1) is 12.4 Å². The average molecular weight is 320 g/mol. The Kier molecular flexibility index (Phi) is 4.06. The van der Waals surface area contributed by atoms with Crippen LogP contribution in [0.3, 0.4) is 0 Å². The SMILES string of the molecule is Cl.NC1C(O)c2ccc3ccccc3c2OC12CCCCC2. The minimum atomic E-state index is -0.642. The van der Waals surface area contributed by atoms with Crippen molar-refractivity contribution in [3.63, 3.8) is 0 Å². The Morgan fingerprint density at radius 2 is 1.77 bits per heavy atom. The molecule has 118 valence electrons. The third-order valence-corrected chi connectivity index (χ3v) is 5.18. The van der Waals surface area contributed by atoms with E-state index in [9.17, 15) is 5.11 Å². The molecule has 1 aliphatic heterocycles. The van der Waals surface area contributed by atoms with E-state index in [1.165, 1.54) is 6.42 Å². The predicted octanol–water partition coefficient (Wildman–Crippen LogP) is 3.72. The summed E-state index contributed by atoms with van der Waals surface area (Å²) >= 11 is 0. The van der Waals surface area contributed by atoms with Gasteiger partial charge in [0.1, 0.15) is 17.5 Å². The van der Waals surface area contributed by atoms with Gasteiger partial charge >= 0.3 is 0 Å². The van der Waals surface area contributed by atoms with Gasteiger partial charge in [0.15, 0.2) is 0 Å². The van der Waals surface area contributed by atoms with Crippen molar-refractivity contribution in [3.05, 3.63) is 42.0 Å². The number of halogens is 1. The van der Waals surface area contributed by atoms with E-state index in [0.717, 1.165) is 47.8 Å². The van der Waals surface area contributed by atoms with E-state index in [1.807, 2.05) is 24.3 Å². The number of nitrogens with two attached hydrogens (primary N) is 1. The van der Waals surface area contributed by atoms with Crippen LogP contribution in [0.25, 0.3) is 10.8 Å². The third kappa shape index (κ3) is 2.19. The highest BCUT2D eigenvalue weighted by atomic mass is 35.5. The molecule has 4 rings (SSSR count). The second kappa shape index (κ2) is 5.73. The first kappa shape index (κ1) is 15.6. The fourth-order valence-electron chi connectivity index (χ4n) is 3.94. The van der Waals surface area contributed by atoms with Gasteiger partial charge in [-0.05, 0) is 31.1 Å². The summed E-state index contributed by atoms with van der Waals surface area (Å²) in [6.07, 6.45) is 4.72. The second-order valence-corrected chi connectivity index (χ2v) is 6.40. The summed E-state index contributed by atoms with van der Waals surface area (Å²) in [7, 11) is 0. The summed E-state index contributed by atoms with van der Waals surface area (Å²) in [5.41, 5.74) is 6.81. The van der Waals surface area contributed by atoms with Crippen LogP contribution in [0.4, 0.5) is 0 Å². The smallest absolute Gasteiger partial charge is 0.133 e. The standard InChI is InChI=1S/C18H21NO2.ClH/c19-17-15(20)14-9-8-12-6-2-3-7-13(12)16(14)21-18(17)10-4-1-5-11-18;/h2-3,6-9,15,17,20H,1,4-5,10-11,19H2;1H. The summed E-state index contributed by atoms with van der Waals surface area (Å²) in [5.74, 6) is 0.837. The largest absolute Gasteiger partial charge is 0.485 e. The monoisotopic (exact) mass is 319 g/mol. The van der Waals surface area contributed by atoms with Crippen molar-refractivity contribution in [2.75, 3.05) is 0 Å². The Bertz CT molecular complexity index is 682. The van der Waals surface area contributed by atoms with E-state index in [0.29, 0.717) is 0 Å². The normalized spacial score (nSPS) is 26.1. The van der Waals surface area contributed by atoms with Gasteiger partial charge in [0, 0.05) is 10.9 Å². The highest BCUT2D eigenvalue weighted by molar-refractivity contribution is 5.90. The fraction of sp³-hybridized carbons (Fsp3) is 0.444. The summed E-state index contributed by atoms with van der Waals surface area (Å²) in [4.78, 5) is 0. The first-order valence-electron chi connectivity index (χ1n) is 7.86. The molecule has 1 aliphatic carbocycles. The van der Waals surface area contributed by atoms with E-state index in [2.05, 4.69) is 12.1 Å². The molecule has 2 atom stereocenters. The number of ether oxygens (including phenoxy) is 1. The zero-order valence-corrected chi connectivity index (χ0v) is 13.3. The molecule has 0 amide bonds. The van der Waals surface area contributed by atoms with E-state index < -0.39 is 11.7 Å². The molecule has 2 unspecified atom stereocenters. The Balaban J connectivity index is 0.00000144. The number of benzene rings is 2. The summed E-state index contributed by atoms with van der Waals surface area (Å²) in [5, 5.41) is 12.9. The van der Waals surface area contributed by atoms with Crippen LogP contribution in [0, 0.1) is 0 Å². The predicted molar refractivity (Wildman–Crippen MR) is 90.6 cm³/mol. The van der Waals surface area contributed by atoms with Crippen molar-refractivity contribution in [1.82, 2.24) is 0 Å². The molecule has 0 radical (unpaired) electrons. The van der Waals surface area contributed by atoms with Crippen molar-refractivity contribution in [3.8, 4) is 5.75 Å². The fourth-order valence-corrected chi connectivity index (χ4v) is 3.94. The van der Waals surface area contributed by atoms with Crippen LogP contribution < -0.4 is 10.5 Å². The lowest BCUT2D eigenvalue weighted by Gasteiger charge is -2.47. The topological polar surface area (TPSA) is 55.5 Å². The van der Waals surface area contributed by atoms with Crippen LogP contribution in [0.2, 0.25) is 0 Å². The Hall–Kier alpha value is -1.29. The molecule has 0 aromatic heterocycles. The van der Waals surface area contributed by atoms with Gasteiger partial charge in [0.2, 0.25) is 0 Å². The maximum Gasteiger partial charge on any atom is 0.133 e. The van der Waals surface area contributed by atoms with Gasteiger partial charge in [0.05, 0.1) is 6.04 Å². The minimum Gasteiger partial charge on any atom is -0.485 e. The zero-order chi connectivity index (χ0) is 14.4. The summed E-state index contributed by atoms with van der Waals surface area (Å²) < 4.78 is 6.47. The van der Waals surface area contributed by atoms with Gasteiger partial charge in [-0.2, -0.15) is 0 Å². The van der Waals surface area contributed by atoms with Crippen molar-refractivity contribution in [2.24, 2.45) is 5.73 Å². The summed E-state index contributed by atoms with van der Waals surface area (Å²) in [6, 6.07) is 11.8. The molecule has 1 heterocycles. The first-order valence-corrected chi connectivity index (χ1v) is 7.86. The van der Waals surface area contributed by atoms with Crippen LogP contribution >= 0.6 is 12.4 Å². The molecule has 22 heavy (non-hydrogen) atoms. The van der Waals surface area contributed by atoms with Crippen molar-refractivity contribution in [2.45, 2.75) is 49.9 Å².